The van der Waals surface area contributed by atoms with E-state index in [4.69, 9.17) is 4.74 Å². The minimum Gasteiger partial charge on any atom is -0.467 e. The van der Waals surface area contributed by atoms with Gasteiger partial charge in [-0.25, -0.2) is 4.79 Å². The molecule has 1 aliphatic carbocycles. The Bertz CT molecular complexity index is 769. The molecular formula is C21H25NO4. The fourth-order valence-corrected chi connectivity index (χ4v) is 4.64. The number of ketones is 2. The van der Waals surface area contributed by atoms with E-state index in [0.29, 0.717) is 12.8 Å². The third kappa shape index (κ3) is 2.29. The molecule has 0 saturated heterocycles. The largest absolute Gasteiger partial charge is 0.467 e. The SMILES string of the molecule is CC[C@@]1(Cc2ccccc2)C(=O)[C@@H]2[C@@H](C=N[C@@]2(C(=O)OC)C(C)C)C1=O. The summed E-state index contributed by atoms with van der Waals surface area (Å²) >= 11 is 0. The summed E-state index contributed by atoms with van der Waals surface area (Å²) < 4.78 is 4.99. The van der Waals surface area contributed by atoms with Gasteiger partial charge in [0.05, 0.1) is 24.4 Å². The number of aliphatic imine (C=N–C) groups is 1. The molecule has 0 aromatic heterocycles. The number of benzene rings is 1. The van der Waals surface area contributed by atoms with E-state index in [-0.39, 0.29) is 17.5 Å². The Labute approximate surface area is 153 Å². The highest BCUT2D eigenvalue weighted by molar-refractivity contribution is 6.23. The average molecular weight is 355 g/mol. The lowest BCUT2D eigenvalue weighted by molar-refractivity contribution is -0.154. The van der Waals surface area contributed by atoms with Crippen molar-refractivity contribution >= 4 is 23.8 Å². The number of nitrogens with zero attached hydrogens (tertiary/aromatic N) is 1. The number of hydrogen-bond acceptors (Lipinski definition) is 5. The van der Waals surface area contributed by atoms with Crippen molar-refractivity contribution in [2.75, 3.05) is 7.11 Å². The second-order valence-corrected chi connectivity index (χ2v) is 7.58. The molecule has 0 amide bonds. The molecule has 5 nitrogen and oxygen atoms in total. The van der Waals surface area contributed by atoms with Gasteiger partial charge in [0.15, 0.2) is 17.1 Å². The Hall–Kier alpha value is -2.30. The van der Waals surface area contributed by atoms with Crippen molar-refractivity contribution in [1.29, 1.82) is 0 Å². The maximum absolute atomic E-state index is 13.6. The summed E-state index contributed by atoms with van der Waals surface area (Å²) in [7, 11) is 1.30. The van der Waals surface area contributed by atoms with Gasteiger partial charge in [-0.3, -0.25) is 14.6 Å². The van der Waals surface area contributed by atoms with E-state index in [9.17, 15) is 14.4 Å². The molecule has 0 unspecified atom stereocenters. The van der Waals surface area contributed by atoms with Gasteiger partial charge in [0.1, 0.15) is 0 Å². The van der Waals surface area contributed by atoms with Crippen LogP contribution in [0.5, 0.6) is 0 Å². The molecule has 1 aromatic rings. The van der Waals surface area contributed by atoms with Crippen LogP contribution in [0.3, 0.4) is 0 Å². The number of fused-ring (bicyclic) bond motifs is 1. The van der Waals surface area contributed by atoms with Gasteiger partial charge in [0.2, 0.25) is 0 Å². The molecule has 5 heteroatoms. The maximum Gasteiger partial charge on any atom is 0.334 e. The zero-order chi connectivity index (χ0) is 19.1. The predicted molar refractivity (Wildman–Crippen MR) is 97.9 cm³/mol. The summed E-state index contributed by atoms with van der Waals surface area (Å²) in [5.41, 5.74) is -1.46. The van der Waals surface area contributed by atoms with Crippen molar-refractivity contribution in [3.63, 3.8) is 0 Å². The number of carbonyl (C=O) groups is 3. The average Bonchev–Trinajstić information content (AvgIpc) is 3.14. The topological polar surface area (TPSA) is 72.8 Å². The van der Waals surface area contributed by atoms with Crippen molar-refractivity contribution < 1.29 is 19.1 Å². The molecule has 2 aliphatic rings. The van der Waals surface area contributed by atoms with Crippen LogP contribution in [-0.4, -0.2) is 36.4 Å². The lowest BCUT2D eigenvalue weighted by Gasteiger charge is -2.34. The molecule has 0 radical (unpaired) electrons. The lowest BCUT2D eigenvalue weighted by atomic mass is 9.70. The van der Waals surface area contributed by atoms with Crippen molar-refractivity contribution in [2.45, 2.75) is 39.2 Å². The van der Waals surface area contributed by atoms with E-state index >= 15 is 0 Å². The predicted octanol–water partition coefficient (Wildman–Crippen LogP) is 2.66. The number of ether oxygens (including phenoxy) is 1. The molecule has 0 N–H and O–H groups in total. The number of carbonyl (C=O) groups excluding carboxylic acids is 3. The third-order valence-corrected chi connectivity index (χ3v) is 6.16. The number of Topliss-reactive ketones (excluding diaryl/α,β-unsaturated/α-hetero) is 2. The van der Waals surface area contributed by atoms with E-state index in [2.05, 4.69) is 4.99 Å². The number of rotatable bonds is 5. The molecular weight excluding hydrogens is 330 g/mol. The van der Waals surface area contributed by atoms with E-state index in [1.807, 2.05) is 51.1 Å². The molecule has 26 heavy (non-hydrogen) atoms. The standard InChI is InChI=1S/C21H25NO4/c1-5-20(11-14-9-7-6-8-10-14)17(23)15-12-22-21(13(2)3,19(25)26-4)16(15)18(20)24/h6-10,12-13,15-16H,5,11H2,1-4H3/t15-,16+,20+,21+/m1/s1. The Morgan fingerprint density at radius 3 is 2.38 bits per heavy atom. The van der Waals surface area contributed by atoms with Crippen LogP contribution in [0.2, 0.25) is 0 Å². The van der Waals surface area contributed by atoms with Gasteiger partial charge in [-0.05, 0) is 24.3 Å². The van der Waals surface area contributed by atoms with Crippen LogP contribution >= 0.6 is 0 Å². The van der Waals surface area contributed by atoms with Crippen LogP contribution in [0.25, 0.3) is 0 Å². The minimum absolute atomic E-state index is 0.117. The summed E-state index contributed by atoms with van der Waals surface area (Å²) in [6.07, 6.45) is 2.29. The Morgan fingerprint density at radius 1 is 1.19 bits per heavy atom. The number of hydrogen-bond donors (Lipinski definition) is 0. The highest BCUT2D eigenvalue weighted by Gasteiger charge is 2.69. The number of methoxy groups -OCH3 is 1. The first kappa shape index (κ1) is 18.5. The summed E-state index contributed by atoms with van der Waals surface area (Å²) in [6.45, 7) is 5.56. The van der Waals surface area contributed by atoms with Crippen LogP contribution in [0.1, 0.15) is 32.8 Å². The zero-order valence-electron chi connectivity index (χ0n) is 15.7. The molecule has 0 bridgehead atoms. The molecule has 1 saturated carbocycles. The van der Waals surface area contributed by atoms with Crippen LogP contribution in [0.4, 0.5) is 0 Å². The highest BCUT2D eigenvalue weighted by atomic mass is 16.5. The summed E-state index contributed by atoms with van der Waals surface area (Å²) in [6, 6.07) is 9.56. The highest BCUT2D eigenvalue weighted by Crippen LogP contribution is 2.53. The molecule has 1 aliphatic heterocycles. The summed E-state index contributed by atoms with van der Waals surface area (Å²) in [5.74, 6) is -2.49. The van der Waals surface area contributed by atoms with Gasteiger partial charge in [0, 0.05) is 6.21 Å². The van der Waals surface area contributed by atoms with E-state index in [0.717, 1.165) is 5.56 Å². The van der Waals surface area contributed by atoms with Crippen LogP contribution < -0.4 is 0 Å². The van der Waals surface area contributed by atoms with Crippen LogP contribution in [0, 0.1) is 23.2 Å². The van der Waals surface area contributed by atoms with Gasteiger partial charge >= 0.3 is 5.97 Å². The van der Waals surface area contributed by atoms with Crippen LogP contribution in [-0.2, 0) is 25.5 Å². The molecule has 0 spiro atoms. The second-order valence-electron chi connectivity index (χ2n) is 7.58. The van der Waals surface area contributed by atoms with Crippen molar-refractivity contribution in [3.8, 4) is 0 Å². The van der Waals surface area contributed by atoms with Gasteiger partial charge in [-0.15, -0.1) is 0 Å². The van der Waals surface area contributed by atoms with Crippen molar-refractivity contribution in [2.24, 2.45) is 28.2 Å². The summed E-state index contributed by atoms with van der Waals surface area (Å²) in [4.78, 5) is 43.9. The Morgan fingerprint density at radius 2 is 1.85 bits per heavy atom. The van der Waals surface area contributed by atoms with E-state index in [1.165, 1.54) is 13.3 Å². The van der Waals surface area contributed by atoms with E-state index < -0.39 is 28.8 Å². The molecule has 1 fully saturated rings. The van der Waals surface area contributed by atoms with Gasteiger partial charge < -0.3 is 4.74 Å². The van der Waals surface area contributed by atoms with Gasteiger partial charge in [-0.2, -0.15) is 0 Å². The van der Waals surface area contributed by atoms with Crippen molar-refractivity contribution in [1.82, 2.24) is 0 Å². The van der Waals surface area contributed by atoms with Gasteiger partial charge in [-0.1, -0.05) is 51.1 Å². The maximum atomic E-state index is 13.6. The van der Waals surface area contributed by atoms with Crippen molar-refractivity contribution in [3.05, 3.63) is 35.9 Å². The molecule has 3 rings (SSSR count). The fraction of sp³-hybridized carbons (Fsp3) is 0.524. The molecule has 1 aromatic carbocycles. The fourth-order valence-electron chi connectivity index (χ4n) is 4.64. The smallest absolute Gasteiger partial charge is 0.334 e. The Balaban J connectivity index is 2.08. The third-order valence-electron chi connectivity index (χ3n) is 6.16. The minimum atomic E-state index is -1.31. The zero-order valence-corrected chi connectivity index (χ0v) is 15.7. The number of esters is 1. The summed E-state index contributed by atoms with van der Waals surface area (Å²) in [5, 5.41) is 0. The normalized spacial score (nSPS) is 33.0. The van der Waals surface area contributed by atoms with Gasteiger partial charge in [0.25, 0.3) is 0 Å². The second kappa shape index (κ2) is 6.45. The molecule has 138 valence electrons. The first-order valence-corrected chi connectivity index (χ1v) is 9.11. The first-order valence-electron chi connectivity index (χ1n) is 9.11. The molecule has 1 heterocycles. The van der Waals surface area contributed by atoms with Crippen LogP contribution in [0.15, 0.2) is 35.3 Å². The Kier molecular flexibility index (Phi) is 4.59. The molecule has 4 atom stereocenters. The first-order chi connectivity index (χ1) is 12.3. The van der Waals surface area contributed by atoms with E-state index in [1.54, 1.807) is 0 Å². The monoisotopic (exact) mass is 355 g/mol. The quantitative estimate of drug-likeness (QED) is 0.601. The lowest BCUT2D eigenvalue weighted by Crippen LogP contribution is -2.51.